The number of carboxylic acid groups (broad SMARTS) is 1. The van der Waals surface area contributed by atoms with E-state index in [0.717, 1.165) is 23.6 Å². The highest BCUT2D eigenvalue weighted by Gasteiger charge is 1.96. The van der Waals surface area contributed by atoms with Gasteiger partial charge in [0.05, 0.1) is 0 Å². The van der Waals surface area contributed by atoms with Gasteiger partial charge in [-0.05, 0) is 18.1 Å². The standard InChI is InChI=1S/C10H10O2/c1-8-2-4-9(5-3-8)6-7-10(11)12/h2,4-7H,1,3H2,(H,11,12). The van der Waals surface area contributed by atoms with Gasteiger partial charge in [0.2, 0.25) is 0 Å². The van der Waals surface area contributed by atoms with Gasteiger partial charge in [-0.1, -0.05) is 30.4 Å². The highest BCUT2D eigenvalue weighted by Crippen LogP contribution is 2.14. The highest BCUT2D eigenvalue weighted by atomic mass is 16.4. The molecule has 0 radical (unpaired) electrons. The predicted octanol–water partition coefficient (Wildman–Crippen LogP) is 2.07. The number of carbonyl (C=O) groups is 1. The number of allylic oxidation sites excluding steroid dienone is 6. The van der Waals surface area contributed by atoms with E-state index in [1.54, 1.807) is 6.08 Å². The molecule has 0 aromatic rings. The fourth-order valence-electron chi connectivity index (χ4n) is 0.890. The molecule has 12 heavy (non-hydrogen) atoms. The van der Waals surface area contributed by atoms with Crippen molar-refractivity contribution in [3.05, 3.63) is 48.1 Å². The van der Waals surface area contributed by atoms with Crippen molar-refractivity contribution in [2.45, 2.75) is 6.42 Å². The Hall–Kier alpha value is -1.57. The average Bonchev–Trinajstić information content (AvgIpc) is 2.03. The van der Waals surface area contributed by atoms with Crippen molar-refractivity contribution in [3.63, 3.8) is 0 Å². The third-order valence-corrected chi connectivity index (χ3v) is 1.53. The molecular formula is C10H10O2. The summed E-state index contributed by atoms with van der Waals surface area (Å²) in [6.45, 7) is 3.77. The molecule has 1 aliphatic carbocycles. The third kappa shape index (κ3) is 2.58. The normalized spacial score (nSPS) is 16.7. The monoisotopic (exact) mass is 162 g/mol. The van der Waals surface area contributed by atoms with E-state index in [9.17, 15) is 4.79 Å². The zero-order chi connectivity index (χ0) is 8.97. The van der Waals surface area contributed by atoms with Crippen LogP contribution in [0.1, 0.15) is 6.42 Å². The number of aliphatic carboxylic acids is 1. The van der Waals surface area contributed by atoms with Crippen LogP contribution in [0, 0.1) is 0 Å². The minimum atomic E-state index is -0.922. The Bertz CT molecular complexity index is 293. The molecule has 62 valence electrons. The second-order valence-corrected chi connectivity index (χ2v) is 2.57. The first-order valence-corrected chi connectivity index (χ1v) is 3.65. The van der Waals surface area contributed by atoms with E-state index in [1.165, 1.54) is 0 Å². The van der Waals surface area contributed by atoms with Gasteiger partial charge in [0.15, 0.2) is 0 Å². The van der Waals surface area contributed by atoms with E-state index < -0.39 is 5.97 Å². The molecule has 0 spiro atoms. The van der Waals surface area contributed by atoms with Gasteiger partial charge in [0.1, 0.15) is 0 Å². The quantitative estimate of drug-likeness (QED) is 0.631. The Morgan fingerprint density at radius 3 is 2.83 bits per heavy atom. The molecule has 0 bridgehead atoms. The van der Waals surface area contributed by atoms with Crippen molar-refractivity contribution >= 4 is 5.97 Å². The largest absolute Gasteiger partial charge is 0.478 e. The van der Waals surface area contributed by atoms with Gasteiger partial charge in [-0.25, -0.2) is 4.79 Å². The van der Waals surface area contributed by atoms with Crippen LogP contribution in [0.2, 0.25) is 0 Å². The molecule has 0 atom stereocenters. The van der Waals surface area contributed by atoms with Crippen molar-refractivity contribution in [2.24, 2.45) is 0 Å². The zero-order valence-electron chi connectivity index (χ0n) is 6.66. The molecule has 0 saturated carbocycles. The van der Waals surface area contributed by atoms with Gasteiger partial charge in [-0.15, -0.1) is 0 Å². The Balaban J connectivity index is 2.62. The second kappa shape index (κ2) is 3.72. The van der Waals surface area contributed by atoms with Gasteiger partial charge in [-0.3, -0.25) is 0 Å². The molecule has 0 unspecified atom stereocenters. The molecule has 0 fully saturated rings. The summed E-state index contributed by atoms with van der Waals surface area (Å²) in [4.78, 5) is 10.2. The molecular weight excluding hydrogens is 152 g/mol. The summed E-state index contributed by atoms with van der Waals surface area (Å²) in [6.07, 6.45) is 9.19. The maximum absolute atomic E-state index is 10.2. The first-order valence-electron chi connectivity index (χ1n) is 3.65. The lowest BCUT2D eigenvalue weighted by Gasteiger charge is -2.02. The van der Waals surface area contributed by atoms with Crippen LogP contribution in [0.4, 0.5) is 0 Å². The van der Waals surface area contributed by atoms with Crippen LogP contribution in [-0.4, -0.2) is 11.1 Å². The van der Waals surface area contributed by atoms with E-state index in [2.05, 4.69) is 6.58 Å². The van der Waals surface area contributed by atoms with Crippen molar-refractivity contribution in [1.29, 1.82) is 0 Å². The van der Waals surface area contributed by atoms with Crippen LogP contribution >= 0.6 is 0 Å². The van der Waals surface area contributed by atoms with Crippen LogP contribution < -0.4 is 0 Å². The first kappa shape index (κ1) is 8.53. The van der Waals surface area contributed by atoms with Crippen LogP contribution in [0.3, 0.4) is 0 Å². The summed E-state index contributed by atoms with van der Waals surface area (Å²) in [5.74, 6) is -0.922. The van der Waals surface area contributed by atoms with Crippen molar-refractivity contribution < 1.29 is 9.90 Å². The van der Waals surface area contributed by atoms with E-state index in [0.29, 0.717) is 0 Å². The fourth-order valence-corrected chi connectivity index (χ4v) is 0.890. The molecule has 2 heteroatoms. The molecule has 0 aromatic heterocycles. The maximum Gasteiger partial charge on any atom is 0.328 e. The lowest BCUT2D eigenvalue weighted by Crippen LogP contribution is -1.88. The number of hydrogen-bond acceptors (Lipinski definition) is 1. The number of hydrogen-bond donors (Lipinski definition) is 1. The van der Waals surface area contributed by atoms with Gasteiger partial charge >= 0.3 is 5.97 Å². The van der Waals surface area contributed by atoms with Gasteiger partial charge in [0, 0.05) is 6.08 Å². The number of carboxylic acids is 1. The van der Waals surface area contributed by atoms with E-state index in [4.69, 9.17) is 5.11 Å². The van der Waals surface area contributed by atoms with Crippen LogP contribution in [-0.2, 0) is 4.79 Å². The molecule has 1 N–H and O–H groups in total. The lowest BCUT2D eigenvalue weighted by molar-refractivity contribution is -0.131. The summed E-state index contributed by atoms with van der Waals surface area (Å²) in [5.41, 5.74) is 1.97. The van der Waals surface area contributed by atoms with Crippen molar-refractivity contribution in [2.75, 3.05) is 0 Å². The first-order chi connectivity index (χ1) is 5.68. The summed E-state index contributed by atoms with van der Waals surface area (Å²) in [5, 5.41) is 8.34. The summed E-state index contributed by atoms with van der Waals surface area (Å²) in [7, 11) is 0. The predicted molar refractivity (Wildman–Crippen MR) is 47.8 cm³/mol. The number of rotatable bonds is 2. The Morgan fingerprint density at radius 1 is 1.58 bits per heavy atom. The highest BCUT2D eigenvalue weighted by molar-refractivity contribution is 5.80. The summed E-state index contributed by atoms with van der Waals surface area (Å²) in [6, 6.07) is 0. The Morgan fingerprint density at radius 2 is 2.33 bits per heavy atom. The molecule has 0 aromatic carbocycles. The fraction of sp³-hybridized carbons (Fsp3) is 0.100. The third-order valence-electron chi connectivity index (χ3n) is 1.53. The van der Waals surface area contributed by atoms with Crippen molar-refractivity contribution in [1.82, 2.24) is 0 Å². The topological polar surface area (TPSA) is 37.3 Å². The van der Waals surface area contributed by atoms with E-state index in [1.807, 2.05) is 18.2 Å². The smallest absolute Gasteiger partial charge is 0.328 e. The molecule has 0 saturated heterocycles. The summed E-state index contributed by atoms with van der Waals surface area (Å²) >= 11 is 0. The zero-order valence-corrected chi connectivity index (χ0v) is 6.66. The minimum Gasteiger partial charge on any atom is -0.478 e. The lowest BCUT2D eigenvalue weighted by atomic mass is 10.0. The molecule has 1 rings (SSSR count). The SMILES string of the molecule is C=C1C=CC(C=CC(=O)O)=CC1. The van der Waals surface area contributed by atoms with Gasteiger partial charge in [0.25, 0.3) is 0 Å². The van der Waals surface area contributed by atoms with Crippen LogP contribution in [0.5, 0.6) is 0 Å². The molecule has 1 aliphatic rings. The minimum absolute atomic E-state index is 0.801. The Kier molecular flexibility index (Phi) is 2.64. The summed E-state index contributed by atoms with van der Waals surface area (Å²) < 4.78 is 0. The van der Waals surface area contributed by atoms with Crippen molar-refractivity contribution in [3.8, 4) is 0 Å². The van der Waals surface area contributed by atoms with Crippen LogP contribution in [0.25, 0.3) is 0 Å². The molecule has 2 nitrogen and oxygen atoms in total. The Labute approximate surface area is 71.2 Å². The van der Waals surface area contributed by atoms with Gasteiger partial charge < -0.3 is 5.11 Å². The van der Waals surface area contributed by atoms with E-state index in [-0.39, 0.29) is 0 Å². The molecule has 0 heterocycles. The average molecular weight is 162 g/mol. The van der Waals surface area contributed by atoms with Gasteiger partial charge in [-0.2, -0.15) is 0 Å². The molecule has 0 amide bonds. The maximum atomic E-state index is 10.2. The second-order valence-electron chi connectivity index (χ2n) is 2.57. The van der Waals surface area contributed by atoms with E-state index >= 15 is 0 Å². The van der Waals surface area contributed by atoms with Crippen LogP contribution in [0.15, 0.2) is 48.1 Å². The molecule has 0 aliphatic heterocycles.